The predicted octanol–water partition coefficient (Wildman–Crippen LogP) is 1.40. The van der Waals surface area contributed by atoms with E-state index in [2.05, 4.69) is 10.1 Å². The Labute approximate surface area is 123 Å². The van der Waals surface area contributed by atoms with Crippen LogP contribution < -0.4 is 9.64 Å². The fourth-order valence-corrected chi connectivity index (χ4v) is 2.43. The highest BCUT2D eigenvalue weighted by Crippen LogP contribution is 2.30. The molecule has 1 amide bonds. The van der Waals surface area contributed by atoms with Crippen molar-refractivity contribution in [1.29, 1.82) is 0 Å². The molecule has 110 valence electrons. The van der Waals surface area contributed by atoms with Crippen molar-refractivity contribution in [1.82, 2.24) is 14.8 Å². The summed E-state index contributed by atoms with van der Waals surface area (Å²) < 4.78 is 7.29. The van der Waals surface area contributed by atoms with Gasteiger partial charge < -0.3 is 9.64 Å². The van der Waals surface area contributed by atoms with Crippen molar-refractivity contribution in [2.75, 3.05) is 18.1 Å². The molecule has 0 N–H and O–H groups in total. The third-order valence-electron chi connectivity index (χ3n) is 3.79. The zero-order chi connectivity index (χ0) is 15.0. The van der Waals surface area contributed by atoms with Crippen molar-refractivity contribution >= 4 is 11.6 Å². The van der Waals surface area contributed by atoms with Gasteiger partial charge in [0.1, 0.15) is 12.3 Å². The number of hydrogen-bond donors (Lipinski definition) is 0. The van der Waals surface area contributed by atoms with E-state index in [1.807, 2.05) is 27.0 Å². The largest absolute Gasteiger partial charge is 0.474 e. The lowest BCUT2D eigenvalue weighted by Crippen LogP contribution is -2.39. The summed E-state index contributed by atoms with van der Waals surface area (Å²) in [4.78, 5) is 18.6. The summed E-state index contributed by atoms with van der Waals surface area (Å²) in [6.07, 6.45) is 3.84. The molecule has 0 saturated heterocycles. The molecule has 0 atom stereocenters. The van der Waals surface area contributed by atoms with E-state index in [-0.39, 0.29) is 5.91 Å². The molecule has 0 bridgehead atoms. The number of nitrogens with zero attached hydrogens (tertiary/aromatic N) is 4. The molecule has 2 aromatic rings. The van der Waals surface area contributed by atoms with E-state index in [0.29, 0.717) is 25.5 Å². The first-order valence-electron chi connectivity index (χ1n) is 6.93. The minimum atomic E-state index is 0.0445. The van der Waals surface area contributed by atoms with Crippen LogP contribution in [0.2, 0.25) is 0 Å². The molecular formula is C15H18N4O2. The van der Waals surface area contributed by atoms with Gasteiger partial charge in [0, 0.05) is 24.5 Å². The van der Waals surface area contributed by atoms with Crippen LogP contribution in [0.15, 0.2) is 18.5 Å². The van der Waals surface area contributed by atoms with Gasteiger partial charge in [-0.15, -0.1) is 0 Å². The number of rotatable bonds is 2. The van der Waals surface area contributed by atoms with E-state index in [4.69, 9.17) is 4.74 Å². The lowest BCUT2D eigenvalue weighted by Gasteiger charge is -2.29. The Balaban J connectivity index is 1.86. The molecule has 6 heteroatoms. The number of fused-ring (bicyclic) bond motifs is 1. The van der Waals surface area contributed by atoms with Crippen molar-refractivity contribution in [2.24, 2.45) is 7.05 Å². The molecule has 0 fully saturated rings. The van der Waals surface area contributed by atoms with Crippen molar-refractivity contribution < 1.29 is 9.53 Å². The summed E-state index contributed by atoms with van der Waals surface area (Å²) in [7, 11) is 1.88. The monoisotopic (exact) mass is 286 g/mol. The number of aromatic nitrogens is 3. The first-order valence-corrected chi connectivity index (χ1v) is 6.93. The summed E-state index contributed by atoms with van der Waals surface area (Å²) in [5, 5.41) is 4.18. The lowest BCUT2D eigenvalue weighted by atomic mass is 10.1. The Morgan fingerprint density at radius 1 is 1.38 bits per heavy atom. The summed E-state index contributed by atoms with van der Waals surface area (Å²) in [5.74, 6) is 0.575. The third kappa shape index (κ3) is 2.49. The van der Waals surface area contributed by atoms with Crippen molar-refractivity contribution in [2.45, 2.75) is 20.3 Å². The third-order valence-corrected chi connectivity index (χ3v) is 3.79. The lowest BCUT2D eigenvalue weighted by molar-refractivity contribution is -0.118. The van der Waals surface area contributed by atoms with Gasteiger partial charge in [-0.3, -0.25) is 9.48 Å². The average molecular weight is 286 g/mol. The number of carbonyl (C=O) groups excluding carboxylic acids is 1. The minimum absolute atomic E-state index is 0.0445. The molecule has 0 saturated carbocycles. The number of ether oxygens (including phenoxy) is 1. The van der Waals surface area contributed by atoms with E-state index >= 15 is 0 Å². The maximum Gasteiger partial charge on any atom is 0.238 e. The van der Waals surface area contributed by atoms with Gasteiger partial charge in [0.25, 0.3) is 0 Å². The highest BCUT2D eigenvalue weighted by Gasteiger charge is 2.25. The molecule has 0 aromatic carbocycles. The van der Waals surface area contributed by atoms with Crippen LogP contribution in [0, 0.1) is 13.8 Å². The molecule has 0 spiro atoms. The molecule has 21 heavy (non-hydrogen) atoms. The molecule has 3 rings (SSSR count). The van der Waals surface area contributed by atoms with Gasteiger partial charge in [0.05, 0.1) is 19.2 Å². The van der Waals surface area contributed by atoms with Crippen LogP contribution in [0.5, 0.6) is 5.88 Å². The van der Waals surface area contributed by atoms with Gasteiger partial charge in [0.2, 0.25) is 11.8 Å². The standard InChI is InChI=1S/C15H18N4O2/c1-10-6-13-15(16-8-10)21-5-4-19(13)14(20)7-12-9-17-18(3)11(12)2/h6,8-9H,4-5,7H2,1-3H3. The van der Waals surface area contributed by atoms with Crippen LogP contribution in [0.25, 0.3) is 0 Å². The molecule has 0 unspecified atom stereocenters. The Hall–Kier alpha value is -2.37. The van der Waals surface area contributed by atoms with Crippen molar-refractivity contribution in [3.8, 4) is 5.88 Å². The average Bonchev–Trinajstić information content (AvgIpc) is 2.78. The Bertz CT molecular complexity index is 693. The van der Waals surface area contributed by atoms with Crippen LogP contribution in [0.3, 0.4) is 0 Å². The van der Waals surface area contributed by atoms with Gasteiger partial charge in [-0.05, 0) is 25.5 Å². The van der Waals surface area contributed by atoms with E-state index in [0.717, 1.165) is 22.5 Å². The van der Waals surface area contributed by atoms with Crippen LogP contribution in [-0.2, 0) is 18.3 Å². The SMILES string of the molecule is Cc1cnc2c(c1)N(C(=O)Cc1cnn(C)c1C)CCO2. The highest BCUT2D eigenvalue weighted by atomic mass is 16.5. The summed E-state index contributed by atoms with van der Waals surface area (Å²) in [6, 6.07) is 1.94. The zero-order valence-corrected chi connectivity index (χ0v) is 12.5. The van der Waals surface area contributed by atoms with E-state index in [1.165, 1.54) is 0 Å². The van der Waals surface area contributed by atoms with Crippen LogP contribution >= 0.6 is 0 Å². The van der Waals surface area contributed by atoms with Crippen LogP contribution in [0.1, 0.15) is 16.8 Å². The molecule has 1 aliphatic heterocycles. The minimum Gasteiger partial charge on any atom is -0.474 e. The van der Waals surface area contributed by atoms with Gasteiger partial charge in [-0.2, -0.15) is 5.10 Å². The summed E-state index contributed by atoms with van der Waals surface area (Å²) >= 11 is 0. The fraction of sp³-hybridized carbons (Fsp3) is 0.400. The predicted molar refractivity (Wildman–Crippen MR) is 78.5 cm³/mol. The number of pyridine rings is 1. The molecular weight excluding hydrogens is 268 g/mol. The summed E-state index contributed by atoms with van der Waals surface area (Å²) in [5.41, 5.74) is 3.73. The number of carbonyl (C=O) groups is 1. The van der Waals surface area contributed by atoms with Crippen LogP contribution in [-0.4, -0.2) is 33.8 Å². The topological polar surface area (TPSA) is 60.2 Å². The van der Waals surface area contributed by atoms with E-state index < -0.39 is 0 Å². The molecule has 0 radical (unpaired) electrons. The number of anilines is 1. The first-order chi connectivity index (χ1) is 10.1. The van der Waals surface area contributed by atoms with Gasteiger partial charge in [-0.1, -0.05) is 0 Å². The molecule has 1 aliphatic rings. The second-order valence-electron chi connectivity index (χ2n) is 5.29. The Morgan fingerprint density at radius 2 is 2.19 bits per heavy atom. The maximum absolute atomic E-state index is 12.6. The molecule has 6 nitrogen and oxygen atoms in total. The van der Waals surface area contributed by atoms with Crippen LogP contribution in [0.4, 0.5) is 5.69 Å². The van der Waals surface area contributed by atoms with Crippen molar-refractivity contribution in [3.63, 3.8) is 0 Å². The fourth-order valence-electron chi connectivity index (χ4n) is 2.43. The Morgan fingerprint density at radius 3 is 2.90 bits per heavy atom. The highest BCUT2D eigenvalue weighted by molar-refractivity contribution is 5.96. The van der Waals surface area contributed by atoms with E-state index in [9.17, 15) is 4.79 Å². The Kier molecular flexibility index (Phi) is 3.37. The van der Waals surface area contributed by atoms with Gasteiger partial charge >= 0.3 is 0 Å². The summed E-state index contributed by atoms with van der Waals surface area (Å²) in [6.45, 7) is 4.95. The number of amides is 1. The molecule has 3 heterocycles. The second kappa shape index (κ2) is 5.20. The number of hydrogen-bond acceptors (Lipinski definition) is 4. The first kappa shape index (κ1) is 13.6. The zero-order valence-electron chi connectivity index (χ0n) is 12.5. The number of aryl methyl sites for hydroxylation is 2. The molecule has 2 aromatic heterocycles. The maximum atomic E-state index is 12.6. The molecule has 0 aliphatic carbocycles. The smallest absolute Gasteiger partial charge is 0.238 e. The van der Waals surface area contributed by atoms with Gasteiger partial charge in [0.15, 0.2) is 0 Å². The van der Waals surface area contributed by atoms with Gasteiger partial charge in [-0.25, -0.2) is 4.98 Å². The quantitative estimate of drug-likeness (QED) is 0.837. The second-order valence-corrected chi connectivity index (χ2v) is 5.29. The normalized spacial score (nSPS) is 13.8. The van der Waals surface area contributed by atoms with Crippen molar-refractivity contribution in [3.05, 3.63) is 35.3 Å². The van der Waals surface area contributed by atoms with E-state index in [1.54, 1.807) is 22.0 Å².